The van der Waals surface area contributed by atoms with Gasteiger partial charge >= 0.3 is 0 Å². The zero-order chi connectivity index (χ0) is 15.0. The van der Waals surface area contributed by atoms with Crippen LogP contribution in [0.2, 0.25) is 0 Å². The van der Waals surface area contributed by atoms with Crippen molar-refractivity contribution in [2.75, 3.05) is 33.2 Å². The van der Waals surface area contributed by atoms with Crippen molar-refractivity contribution in [3.8, 4) is 0 Å². The van der Waals surface area contributed by atoms with Gasteiger partial charge in [0.15, 0.2) is 0 Å². The highest BCUT2D eigenvalue weighted by Crippen LogP contribution is 2.45. The number of benzene rings is 1. The molecule has 1 aliphatic heterocycles. The summed E-state index contributed by atoms with van der Waals surface area (Å²) < 4.78 is 0. The van der Waals surface area contributed by atoms with Gasteiger partial charge in [0.2, 0.25) is 0 Å². The van der Waals surface area contributed by atoms with E-state index in [2.05, 4.69) is 55.0 Å². The number of fused-ring (bicyclic) bond motifs is 1. The Balaban J connectivity index is 2.03. The summed E-state index contributed by atoms with van der Waals surface area (Å²) in [4.78, 5) is 5.13. The SMILES string of the molecule is CC1CCC(CN)(N2CCN(C)CC2C)c2ccccc21. The number of likely N-dealkylation sites (N-methyl/N-ethyl adjacent to an activating group) is 1. The predicted molar refractivity (Wildman–Crippen MR) is 88.5 cm³/mol. The Labute approximate surface area is 129 Å². The van der Waals surface area contributed by atoms with Gasteiger partial charge in [-0.05, 0) is 43.9 Å². The van der Waals surface area contributed by atoms with E-state index in [0.29, 0.717) is 12.0 Å². The van der Waals surface area contributed by atoms with Gasteiger partial charge in [-0.3, -0.25) is 4.90 Å². The summed E-state index contributed by atoms with van der Waals surface area (Å²) in [6, 6.07) is 9.55. The molecule has 3 nitrogen and oxygen atoms in total. The Kier molecular flexibility index (Phi) is 4.08. The number of nitrogens with two attached hydrogens (primary N) is 1. The predicted octanol–water partition coefficient (Wildman–Crippen LogP) is 2.37. The van der Waals surface area contributed by atoms with E-state index in [-0.39, 0.29) is 5.54 Å². The summed E-state index contributed by atoms with van der Waals surface area (Å²) in [5, 5.41) is 0. The Morgan fingerprint density at radius 1 is 1.24 bits per heavy atom. The molecule has 2 N–H and O–H groups in total. The first kappa shape index (κ1) is 15.0. The molecule has 1 heterocycles. The van der Waals surface area contributed by atoms with Crippen LogP contribution < -0.4 is 5.73 Å². The minimum Gasteiger partial charge on any atom is -0.328 e. The van der Waals surface area contributed by atoms with Crippen LogP contribution in [0.1, 0.15) is 43.7 Å². The molecule has 2 aliphatic rings. The molecular weight excluding hydrogens is 258 g/mol. The second-order valence-corrected chi connectivity index (χ2v) is 7.07. The smallest absolute Gasteiger partial charge is 0.0589 e. The lowest BCUT2D eigenvalue weighted by Gasteiger charge is -2.53. The lowest BCUT2D eigenvalue weighted by molar-refractivity contribution is -0.0114. The maximum Gasteiger partial charge on any atom is 0.0589 e. The summed E-state index contributed by atoms with van der Waals surface area (Å²) in [6.07, 6.45) is 2.43. The van der Waals surface area contributed by atoms with Gasteiger partial charge in [0, 0.05) is 32.2 Å². The first-order valence-electron chi connectivity index (χ1n) is 8.33. The van der Waals surface area contributed by atoms with Crippen LogP contribution >= 0.6 is 0 Å². The van der Waals surface area contributed by atoms with Crippen LogP contribution in [0.4, 0.5) is 0 Å². The molecule has 0 aromatic heterocycles. The van der Waals surface area contributed by atoms with Crippen molar-refractivity contribution in [3.05, 3.63) is 35.4 Å². The average Bonchev–Trinajstić information content (AvgIpc) is 2.49. The van der Waals surface area contributed by atoms with Crippen LogP contribution in [0.25, 0.3) is 0 Å². The molecule has 0 bridgehead atoms. The Hall–Kier alpha value is -0.900. The van der Waals surface area contributed by atoms with E-state index in [1.54, 1.807) is 0 Å². The molecule has 1 aromatic rings. The third-order valence-electron chi connectivity index (χ3n) is 5.70. The fraction of sp³-hybridized carbons (Fsp3) is 0.667. The monoisotopic (exact) mass is 287 g/mol. The lowest BCUT2D eigenvalue weighted by Crippen LogP contribution is -2.62. The molecular formula is C18H29N3. The highest BCUT2D eigenvalue weighted by Gasteiger charge is 2.45. The first-order valence-corrected chi connectivity index (χ1v) is 8.33. The molecule has 21 heavy (non-hydrogen) atoms. The van der Waals surface area contributed by atoms with E-state index in [1.165, 1.54) is 24.0 Å². The number of piperazine rings is 1. The molecule has 1 aromatic carbocycles. The summed E-state index contributed by atoms with van der Waals surface area (Å²) >= 11 is 0. The minimum atomic E-state index is 0.0454. The van der Waals surface area contributed by atoms with Crippen LogP contribution in [0.5, 0.6) is 0 Å². The molecule has 3 heteroatoms. The largest absolute Gasteiger partial charge is 0.328 e. The second kappa shape index (κ2) is 5.71. The second-order valence-electron chi connectivity index (χ2n) is 7.07. The number of hydrogen-bond donors (Lipinski definition) is 1. The van der Waals surface area contributed by atoms with Crippen LogP contribution in [0, 0.1) is 0 Å². The first-order chi connectivity index (χ1) is 10.1. The van der Waals surface area contributed by atoms with Gasteiger partial charge in [-0.15, -0.1) is 0 Å². The highest BCUT2D eigenvalue weighted by atomic mass is 15.3. The van der Waals surface area contributed by atoms with Gasteiger partial charge in [0.05, 0.1) is 5.54 Å². The molecule has 116 valence electrons. The number of rotatable bonds is 2. The average molecular weight is 287 g/mol. The Morgan fingerprint density at radius 3 is 2.71 bits per heavy atom. The molecule has 0 amide bonds. The summed E-state index contributed by atoms with van der Waals surface area (Å²) in [5.74, 6) is 0.656. The van der Waals surface area contributed by atoms with E-state index >= 15 is 0 Å². The van der Waals surface area contributed by atoms with Crippen LogP contribution in [0.15, 0.2) is 24.3 Å². The fourth-order valence-electron chi connectivity index (χ4n) is 4.50. The van der Waals surface area contributed by atoms with Gasteiger partial charge < -0.3 is 10.6 Å². The fourth-order valence-corrected chi connectivity index (χ4v) is 4.50. The van der Waals surface area contributed by atoms with E-state index in [9.17, 15) is 0 Å². The standard InChI is InChI=1S/C18H29N3/c1-14-8-9-18(13-19,17-7-5-4-6-16(14)17)21-11-10-20(3)12-15(21)2/h4-7,14-15H,8-13,19H2,1-3H3. The van der Waals surface area contributed by atoms with Gasteiger partial charge in [-0.25, -0.2) is 0 Å². The van der Waals surface area contributed by atoms with E-state index in [1.807, 2.05) is 0 Å². The summed E-state index contributed by atoms with van der Waals surface area (Å²) in [5.41, 5.74) is 9.42. The zero-order valence-electron chi connectivity index (χ0n) is 13.7. The third kappa shape index (κ3) is 2.41. The molecule has 1 saturated heterocycles. The van der Waals surface area contributed by atoms with Gasteiger partial charge in [0.25, 0.3) is 0 Å². The Bertz CT molecular complexity index is 501. The minimum absolute atomic E-state index is 0.0454. The van der Waals surface area contributed by atoms with Crippen LogP contribution in [-0.4, -0.2) is 49.1 Å². The molecule has 3 atom stereocenters. The van der Waals surface area contributed by atoms with Crippen molar-refractivity contribution < 1.29 is 0 Å². The molecule has 1 aliphatic carbocycles. The maximum absolute atomic E-state index is 6.37. The third-order valence-corrected chi connectivity index (χ3v) is 5.70. The van der Waals surface area contributed by atoms with E-state index < -0.39 is 0 Å². The number of nitrogens with zero attached hydrogens (tertiary/aromatic N) is 2. The van der Waals surface area contributed by atoms with Crippen LogP contribution in [0.3, 0.4) is 0 Å². The lowest BCUT2D eigenvalue weighted by atomic mass is 9.70. The van der Waals surface area contributed by atoms with Gasteiger partial charge in [-0.1, -0.05) is 31.2 Å². The van der Waals surface area contributed by atoms with Gasteiger partial charge in [0.1, 0.15) is 0 Å². The summed E-state index contributed by atoms with van der Waals surface area (Å²) in [6.45, 7) is 8.84. The Morgan fingerprint density at radius 2 is 2.00 bits per heavy atom. The topological polar surface area (TPSA) is 32.5 Å². The van der Waals surface area contributed by atoms with Gasteiger partial charge in [-0.2, -0.15) is 0 Å². The zero-order valence-corrected chi connectivity index (χ0v) is 13.7. The van der Waals surface area contributed by atoms with Crippen molar-refractivity contribution in [3.63, 3.8) is 0 Å². The molecule has 3 unspecified atom stereocenters. The molecule has 0 spiro atoms. The van der Waals surface area contributed by atoms with Crippen molar-refractivity contribution in [1.29, 1.82) is 0 Å². The van der Waals surface area contributed by atoms with Crippen molar-refractivity contribution in [1.82, 2.24) is 9.80 Å². The molecule has 0 radical (unpaired) electrons. The highest BCUT2D eigenvalue weighted by molar-refractivity contribution is 5.39. The normalized spacial score (nSPS) is 34.7. The molecule has 3 rings (SSSR count). The van der Waals surface area contributed by atoms with Crippen LogP contribution in [-0.2, 0) is 5.54 Å². The quantitative estimate of drug-likeness (QED) is 0.906. The summed E-state index contributed by atoms with van der Waals surface area (Å²) in [7, 11) is 2.22. The maximum atomic E-state index is 6.37. The van der Waals surface area contributed by atoms with Crippen molar-refractivity contribution in [2.45, 2.75) is 44.2 Å². The van der Waals surface area contributed by atoms with Crippen molar-refractivity contribution in [2.24, 2.45) is 5.73 Å². The van der Waals surface area contributed by atoms with Crippen molar-refractivity contribution >= 4 is 0 Å². The van der Waals surface area contributed by atoms with E-state index in [4.69, 9.17) is 5.73 Å². The molecule has 0 saturated carbocycles. The van der Waals surface area contributed by atoms with E-state index in [0.717, 1.165) is 26.2 Å². The number of hydrogen-bond acceptors (Lipinski definition) is 3. The molecule has 1 fully saturated rings.